The molecule has 0 spiro atoms. The number of nitrogens with one attached hydrogen (secondary N) is 1. The van der Waals surface area contributed by atoms with Crippen LogP contribution in [0.4, 0.5) is 5.69 Å². The third-order valence-corrected chi connectivity index (χ3v) is 3.91. The van der Waals surface area contributed by atoms with Gasteiger partial charge in [0.05, 0.1) is 29.9 Å². The number of hydrazone groups is 1. The molecule has 136 valence electrons. The van der Waals surface area contributed by atoms with Crippen molar-refractivity contribution in [3.05, 3.63) is 75.8 Å². The zero-order valence-corrected chi connectivity index (χ0v) is 14.2. The number of nitro benzene ring substituents is 1. The van der Waals surface area contributed by atoms with Crippen molar-refractivity contribution in [2.45, 2.75) is 0 Å². The van der Waals surface area contributed by atoms with Crippen LogP contribution in [0.15, 0.2) is 59.7 Å². The van der Waals surface area contributed by atoms with E-state index in [1.165, 1.54) is 25.5 Å². The van der Waals surface area contributed by atoms with Gasteiger partial charge >= 0.3 is 0 Å². The monoisotopic (exact) mass is 365 g/mol. The molecule has 0 atom stereocenters. The Hall–Kier alpha value is -3.94. The quantitative estimate of drug-likeness (QED) is 0.409. The first-order chi connectivity index (χ1) is 13.0. The Morgan fingerprint density at radius 3 is 2.52 bits per heavy atom. The van der Waals surface area contributed by atoms with Crippen LogP contribution in [0, 0.1) is 10.1 Å². The number of rotatable bonds is 5. The van der Waals surface area contributed by atoms with Crippen LogP contribution in [-0.4, -0.2) is 29.3 Å². The lowest BCUT2D eigenvalue weighted by Gasteiger charge is -2.09. The first-order valence-corrected chi connectivity index (χ1v) is 7.87. The van der Waals surface area contributed by atoms with Gasteiger partial charge in [-0.05, 0) is 29.0 Å². The summed E-state index contributed by atoms with van der Waals surface area (Å²) in [6, 6.07) is 14.6. The lowest BCUT2D eigenvalue weighted by Crippen LogP contribution is -2.18. The van der Waals surface area contributed by atoms with Gasteiger partial charge in [0.1, 0.15) is 11.5 Å². The van der Waals surface area contributed by atoms with Gasteiger partial charge in [-0.25, -0.2) is 5.43 Å². The molecular formula is C19H15N3O5. The second-order valence-electron chi connectivity index (χ2n) is 5.60. The van der Waals surface area contributed by atoms with Gasteiger partial charge in [0.25, 0.3) is 11.6 Å². The summed E-state index contributed by atoms with van der Waals surface area (Å²) in [5.74, 6) is -0.402. The Bertz CT molecular complexity index is 1060. The second kappa shape index (κ2) is 7.52. The van der Waals surface area contributed by atoms with E-state index in [0.29, 0.717) is 11.3 Å². The number of hydrogen-bond donors (Lipinski definition) is 2. The Balaban J connectivity index is 1.80. The molecular weight excluding hydrogens is 350 g/mol. The van der Waals surface area contributed by atoms with Gasteiger partial charge in [0, 0.05) is 11.6 Å². The van der Waals surface area contributed by atoms with Crippen LogP contribution in [0.25, 0.3) is 10.8 Å². The van der Waals surface area contributed by atoms with Gasteiger partial charge in [-0.3, -0.25) is 14.9 Å². The number of phenolic OH excluding ortho intramolecular Hbond substituents is 1. The molecule has 0 aliphatic heterocycles. The number of carbonyl (C=O) groups is 1. The normalized spacial score (nSPS) is 10.9. The van der Waals surface area contributed by atoms with E-state index in [-0.39, 0.29) is 17.0 Å². The number of phenols is 1. The molecule has 3 rings (SSSR count). The lowest BCUT2D eigenvalue weighted by atomic mass is 10.1. The summed E-state index contributed by atoms with van der Waals surface area (Å²) < 4.78 is 5.28. The average molecular weight is 365 g/mol. The molecule has 0 heterocycles. The number of ether oxygens (including phenoxy) is 1. The number of aromatic hydroxyl groups is 1. The fraction of sp³-hybridized carbons (Fsp3) is 0.0526. The maximum Gasteiger partial charge on any atom is 0.275 e. The van der Waals surface area contributed by atoms with Crippen LogP contribution >= 0.6 is 0 Å². The highest BCUT2D eigenvalue weighted by Crippen LogP contribution is 2.26. The molecule has 0 saturated carbocycles. The summed E-state index contributed by atoms with van der Waals surface area (Å²) in [6.45, 7) is 0. The number of hydrogen-bond acceptors (Lipinski definition) is 6. The number of non-ortho nitro benzene ring substituents is 1. The third-order valence-electron chi connectivity index (χ3n) is 3.91. The molecule has 0 aliphatic carbocycles. The van der Waals surface area contributed by atoms with Crippen molar-refractivity contribution in [3.8, 4) is 11.5 Å². The molecule has 0 bridgehead atoms. The van der Waals surface area contributed by atoms with Gasteiger partial charge in [-0.15, -0.1) is 0 Å². The number of carbonyl (C=O) groups excluding carboxylic acids is 1. The molecule has 27 heavy (non-hydrogen) atoms. The van der Waals surface area contributed by atoms with Crippen molar-refractivity contribution in [2.24, 2.45) is 5.10 Å². The molecule has 0 radical (unpaired) electrons. The van der Waals surface area contributed by atoms with E-state index in [1.807, 2.05) is 24.3 Å². The molecule has 1 amide bonds. The van der Waals surface area contributed by atoms with Crippen molar-refractivity contribution in [1.29, 1.82) is 0 Å². The molecule has 0 saturated heterocycles. The van der Waals surface area contributed by atoms with E-state index in [4.69, 9.17) is 4.74 Å². The van der Waals surface area contributed by atoms with Crippen LogP contribution in [0.5, 0.6) is 11.5 Å². The van der Waals surface area contributed by atoms with Crippen LogP contribution in [0.2, 0.25) is 0 Å². The third kappa shape index (κ3) is 3.84. The van der Waals surface area contributed by atoms with Crippen molar-refractivity contribution in [2.75, 3.05) is 7.11 Å². The van der Waals surface area contributed by atoms with Gasteiger partial charge < -0.3 is 9.84 Å². The van der Waals surface area contributed by atoms with Gasteiger partial charge in [0.2, 0.25) is 0 Å². The van der Waals surface area contributed by atoms with E-state index < -0.39 is 10.8 Å². The van der Waals surface area contributed by atoms with Crippen LogP contribution in [0.1, 0.15) is 15.9 Å². The number of benzene rings is 3. The minimum atomic E-state index is -0.617. The molecule has 8 heteroatoms. The Morgan fingerprint density at radius 1 is 1.19 bits per heavy atom. The molecule has 0 aliphatic rings. The topological polar surface area (TPSA) is 114 Å². The van der Waals surface area contributed by atoms with Crippen molar-refractivity contribution >= 4 is 28.6 Å². The summed E-state index contributed by atoms with van der Waals surface area (Å²) in [4.78, 5) is 22.5. The minimum Gasteiger partial charge on any atom is -0.507 e. The molecule has 3 aromatic carbocycles. The van der Waals surface area contributed by atoms with E-state index in [2.05, 4.69) is 10.5 Å². The standard InChI is InChI=1S/C19H15N3O5/c1-27-18-9-13-5-3-2-4-12(13)8-16(18)19(24)21-20-11-14-6-7-15(22(25)26)10-17(14)23/h2-11,23H,1H3,(H,21,24). The summed E-state index contributed by atoms with van der Waals surface area (Å²) in [5.41, 5.74) is 2.65. The zero-order valence-electron chi connectivity index (χ0n) is 14.2. The molecule has 0 unspecified atom stereocenters. The van der Waals surface area contributed by atoms with Crippen LogP contribution < -0.4 is 10.2 Å². The number of methoxy groups -OCH3 is 1. The van der Waals surface area contributed by atoms with E-state index in [1.54, 1.807) is 12.1 Å². The molecule has 8 nitrogen and oxygen atoms in total. The minimum absolute atomic E-state index is 0.228. The predicted octanol–water partition coefficient (Wildman–Crippen LogP) is 3.23. The average Bonchev–Trinajstić information content (AvgIpc) is 2.67. The molecule has 3 aromatic rings. The number of nitro groups is 1. The zero-order chi connectivity index (χ0) is 19.4. The maximum atomic E-state index is 12.4. The first kappa shape index (κ1) is 17.9. The molecule has 0 fully saturated rings. The Labute approximate surface area is 153 Å². The van der Waals surface area contributed by atoms with Crippen molar-refractivity contribution < 1.29 is 19.6 Å². The summed E-state index contributed by atoms with van der Waals surface area (Å²) in [7, 11) is 1.47. The predicted molar refractivity (Wildman–Crippen MR) is 100 cm³/mol. The van der Waals surface area contributed by atoms with Crippen molar-refractivity contribution in [1.82, 2.24) is 5.43 Å². The fourth-order valence-corrected chi connectivity index (χ4v) is 2.54. The fourth-order valence-electron chi connectivity index (χ4n) is 2.54. The number of fused-ring (bicyclic) bond motifs is 1. The lowest BCUT2D eigenvalue weighted by molar-refractivity contribution is -0.384. The first-order valence-electron chi connectivity index (χ1n) is 7.87. The summed E-state index contributed by atoms with van der Waals surface area (Å²) in [5, 5.41) is 26.1. The maximum absolute atomic E-state index is 12.4. The van der Waals surface area contributed by atoms with Crippen LogP contribution in [0.3, 0.4) is 0 Å². The Morgan fingerprint density at radius 2 is 1.89 bits per heavy atom. The van der Waals surface area contributed by atoms with E-state index in [0.717, 1.165) is 16.8 Å². The van der Waals surface area contributed by atoms with Crippen molar-refractivity contribution in [3.63, 3.8) is 0 Å². The van der Waals surface area contributed by atoms with Gasteiger partial charge in [0.15, 0.2) is 0 Å². The highest BCUT2D eigenvalue weighted by Gasteiger charge is 2.13. The highest BCUT2D eigenvalue weighted by molar-refractivity contribution is 6.02. The Kier molecular flexibility index (Phi) is 4.98. The van der Waals surface area contributed by atoms with Gasteiger partial charge in [-0.1, -0.05) is 24.3 Å². The van der Waals surface area contributed by atoms with E-state index in [9.17, 15) is 20.0 Å². The molecule has 0 aromatic heterocycles. The number of nitrogens with zero attached hydrogens (tertiary/aromatic N) is 2. The largest absolute Gasteiger partial charge is 0.507 e. The van der Waals surface area contributed by atoms with E-state index >= 15 is 0 Å². The SMILES string of the molecule is COc1cc2ccccc2cc1C(=O)NN=Cc1ccc([N+](=O)[O-])cc1O. The summed E-state index contributed by atoms with van der Waals surface area (Å²) in [6.07, 6.45) is 1.20. The summed E-state index contributed by atoms with van der Waals surface area (Å²) >= 11 is 0. The smallest absolute Gasteiger partial charge is 0.275 e. The highest BCUT2D eigenvalue weighted by atomic mass is 16.6. The molecule has 2 N–H and O–H groups in total. The van der Waals surface area contributed by atoms with Gasteiger partial charge in [-0.2, -0.15) is 5.10 Å². The van der Waals surface area contributed by atoms with Crippen LogP contribution in [-0.2, 0) is 0 Å². The number of amides is 1. The second-order valence-corrected chi connectivity index (χ2v) is 5.60.